The van der Waals surface area contributed by atoms with Gasteiger partial charge in [-0.25, -0.2) is 9.46 Å². The minimum Gasteiger partial charge on any atom is -0.370 e. The summed E-state index contributed by atoms with van der Waals surface area (Å²) in [5.74, 6) is 1.28. The van der Waals surface area contributed by atoms with E-state index in [4.69, 9.17) is 32.8 Å². The molecule has 13 nitrogen and oxygen atoms in total. The van der Waals surface area contributed by atoms with Gasteiger partial charge in [-0.3, -0.25) is 18.9 Å². The second-order valence-electron chi connectivity index (χ2n) is 9.43. The molecule has 1 aromatic heterocycles. The Hall–Kier alpha value is -1.71. The fraction of sp³-hybridized carbons (Fsp3) is 0.696. The van der Waals surface area contributed by atoms with E-state index in [0.29, 0.717) is 6.42 Å². The van der Waals surface area contributed by atoms with Gasteiger partial charge in [-0.05, 0) is 33.8 Å². The van der Waals surface area contributed by atoms with Gasteiger partial charge < -0.3 is 27.6 Å². The van der Waals surface area contributed by atoms with Gasteiger partial charge in [0.15, 0.2) is 6.23 Å². The first-order valence-electron chi connectivity index (χ1n) is 12.3. The van der Waals surface area contributed by atoms with E-state index in [1.807, 2.05) is 27.7 Å². The molecule has 4 rings (SSSR count). The topological polar surface area (TPSA) is 154 Å². The molecule has 0 aliphatic carbocycles. The Kier molecular flexibility index (Phi) is 10.6. The molecule has 3 aliphatic heterocycles. The van der Waals surface area contributed by atoms with Crippen molar-refractivity contribution in [1.82, 2.24) is 14.2 Å². The van der Waals surface area contributed by atoms with Crippen molar-refractivity contribution >= 4 is 16.1 Å². The molecule has 3 saturated heterocycles. The maximum absolute atomic E-state index is 12.9. The van der Waals surface area contributed by atoms with Crippen molar-refractivity contribution in [2.24, 2.45) is 0 Å². The summed E-state index contributed by atoms with van der Waals surface area (Å²) in [6.45, 7) is 8.33. The van der Waals surface area contributed by atoms with Crippen molar-refractivity contribution in [2.75, 3.05) is 27.4 Å². The quantitative estimate of drug-likeness (QED) is 0.273. The third-order valence-electron chi connectivity index (χ3n) is 6.23. The third kappa shape index (κ3) is 6.89. The molecule has 38 heavy (non-hydrogen) atoms. The van der Waals surface area contributed by atoms with Gasteiger partial charge in [0.1, 0.15) is 17.8 Å². The first kappa shape index (κ1) is 30.8. The standard InChI is InChI=1S/C23H36N4O9P2/c1-16(2)27(17(3)4)37(34-12-7-10-24)36-19-14-18-21(26-11-8-20(28)25-22(26)29)35-23(19,15-33-18)9-13-38(30,31-5)32-6/h8-9,11,13,16-19,21H,7,12,14-15H2,1-6H3,(H,25,28,29)/b13-9+/t18-,19+,21?,23+,37?/m1/s1. The van der Waals surface area contributed by atoms with Crippen LogP contribution < -0.4 is 11.2 Å². The number of aromatic amines is 1. The summed E-state index contributed by atoms with van der Waals surface area (Å²) in [4.78, 5) is 26.4. The zero-order valence-corrected chi connectivity index (χ0v) is 24.2. The molecular formula is C23H36N4O9P2. The minimum absolute atomic E-state index is 0.0333. The lowest BCUT2D eigenvalue weighted by molar-refractivity contribution is -0.307. The van der Waals surface area contributed by atoms with Crippen molar-refractivity contribution in [1.29, 1.82) is 5.26 Å². The van der Waals surface area contributed by atoms with E-state index in [0.717, 1.165) is 0 Å². The highest BCUT2D eigenvalue weighted by molar-refractivity contribution is 7.57. The summed E-state index contributed by atoms with van der Waals surface area (Å²) in [7, 11) is -2.69. The van der Waals surface area contributed by atoms with Crippen LogP contribution in [0.3, 0.4) is 0 Å². The summed E-state index contributed by atoms with van der Waals surface area (Å²) in [6.07, 6.45) is 1.26. The molecule has 2 bridgehead atoms. The highest BCUT2D eigenvalue weighted by Gasteiger charge is 2.56. The Morgan fingerprint density at radius 3 is 2.58 bits per heavy atom. The fourth-order valence-corrected chi connectivity index (χ4v) is 7.04. The van der Waals surface area contributed by atoms with E-state index in [9.17, 15) is 14.2 Å². The number of hydrogen-bond acceptors (Lipinski definition) is 11. The highest BCUT2D eigenvalue weighted by Crippen LogP contribution is 2.55. The van der Waals surface area contributed by atoms with Gasteiger partial charge in [0.05, 0.1) is 25.7 Å². The highest BCUT2D eigenvalue weighted by atomic mass is 31.2. The van der Waals surface area contributed by atoms with E-state index in [1.165, 1.54) is 42.9 Å². The Morgan fingerprint density at radius 1 is 1.32 bits per heavy atom. The molecule has 0 aromatic carbocycles. The summed E-state index contributed by atoms with van der Waals surface area (Å²) < 4.78 is 51.5. The SMILES string of the molecule is COP(=O)(/C=C/[C@]12CO[C@H](C[C@@H]1OP(OCCC#N)N(C(C)C)C(C)C)C(n1ccc(=O)[nH]c1=O)O2)OC. The van der Waals surface area contributed by atoms with Crippen molar-refractivity contribution in [2.45, 2.75) is 76.7 Å². The lowest BCUT2D eigenvalue weighted by Crippen LogP contribution is -2.63. The first-order chi connectivity index (χ1) is 18.0. The lowest BCUT2D eigenvalue weighted by atomic mass is 9.86. The average molecular weight is 575 g/mol. The van der Waals surface area contributed by atoms with Crippen molar-refractivity contribution < 1.29 is 32.1 Å². The smallest absolute Gasteiger partial charge is 0.353 e. The summed E-state index contributed by atoms with van der Waals surface area (Å²) >= 11 is 0. The number of hydrogen-bond donors (Lipinski definition) is 1. The van der Waals surface area contributed by atoms with Crippen molar-refractivity contribution in [3.05, 3.63) is 45.0 Å². The number of ether oxygens (including phenoxy) is 2. The number of nitrogens with one attached hydrogen (secondary N) is 1. The van der Waals surface area contributed by atoms with E-state index < -0.39 is 51.4 Å². The van der Waals surface area contributed by atoms with E-state index >= 15 is 0 Å². The van der Waals surface area contributed by atoms with Crippen molar-refractivity contribution in [3.63, 3.8) is 0 Å². The molecule has 4 heterocycles. The molecule has 3 fully saturated rings. The molecule has 5 atom stereocenters. The summed E-state index contributed by atoms with van der Waals surface area (Å²) in [5, 5.41) is 9.03. The van der Waals surface area contributed by atoms with Gasteiger partial charge in [-0.2, -0.15) is 5.26 Å². The number of nitriles is 1. The first-order valence-corrected chi connectivity index (χ1v) is 15.0. The second-order valence-corrected chi connectivity index (χ2v) is 12.9. The van der Waals surface area contributed by atoms with Crippen LogP contribution in [0.15, 0.2) is 33.7 Å². The maximum Gasteiger partial charge on any atom is 0.353 e. The fourth-order valence-electron chi connectivity index (χ4n) is 4.43. The molecule has 0 saturated carbocycles. The van der Waals surface area contributed by atoms with Gasteiger partial charge >= 0.3 is 13.3 Å². The van der Waals surface area contributed by atoms with Gasteiger partial charge in [0.25, 0.3) is 14.1 Å². The van der Waals surface area contributed by atoms with Gasteiger partial charge in [-0.15, -0.1) is 0 Å². The summed E-state index contributed by atoms with van der Waals surface area (Å²) in [5.41, 5.74) is -2.49. The Bertz CT molecular complexity index is 1160. The number of nitrogens with zero attached hydrogens (tertiary/aromatic N) is 3. The van der Waals surface area contributed by atoms with Crippen molar-refractivity contribution in [3.8, 4) is 6.07 Å². The molecule has 212 valence electrons. The monoisotopic (exact) mass is 574 g/mol. The van der Waals surface area contributed by atoms with Crippen LogP contribution in [0.2, 0.25) is 0 Å². The van der Waals surface area contributed by atoms with Crippen LogP contribution in [-0.4, -0.2) is 71.5 Å². The molecule has 0 amide bonds. The van der Waals surface area contributed by atoms with Crippen LogP contribution in [0.1, 0.15) is 46.8 Å². The molecule has 3 aliphatic rings. The predicted molar refractivity (Wildman–Crippen MR) is 139 cm³/mol. The number of H-pyrrole nitrogens is 1. The molecule has 2 unspecified atom stereocenters. The molecule has 0 spiro atoms. The molecule has 1 N–H and O–H groups in total. The number of aromatic nitrogens is 2. The predicted octanol–water partition coefficient (Wildman–Crippen LogP) is 3.25. The summed E-state index contributed by atoms with van der Waals surface area (Å²) in [6, 6.07) is 3.44. The normalized spacial score (nSPS) is 26.5. The van der Waals surface area contributed by atoms with Gasteiger partial charge in [0.2, 0.25) is 0 Å². The molecule has 1 aromatic rings. The Morgan fingerprint density at radius 2 is 2.00 bits per heavy atom. The zero-order chi connectivity index (χ0) is 28.1. The Balaban J connectivity index is 2.02. The molecule has 15 heteroatoms. The molecular weight excluding hydrogens is 538 g/mol. The van der Waals surface area contributed by atoms with E-state index in [1.54, 1.807) is 0 Å². The van der Waals surface area contributed by atoms with Crippen LogP contribution >= 0.6 is 16.1 Å². The number of fused-ring (bicyclic) bond motifs is 3. The third-order valence-corrected chi connectivity index (χ3v) is 9.90. The van der Waals surface area contributed by atoms with Crippen LogP contribution in [0, 0.1) is 11.3 Å². The zero-order valence-electron chi connectivity index (χ0n) is 22.4. The van der Waals surface area contributed by atoms with E-state index in [-0.39, 0.29) is 31.7 Å². The average Bonchev–Trinajstić information content (AvgIpc) is 2.87. The van der Waals surface area contributed by atoms with Crippen LogP contribution in [0.5, 0.6) is 0 Å². The van der Waals surface area contributed by atoms with Crippen LogP contribution in [-0.2, 0) is 32.1 Å². The maximum atomic E-state index is 12.9. The number of rotatable bonds is 13. The van der Waals surface area contributed by atoms with Gasteiger partial charge in [0, 0.05) is 50.8 Å². The Labute approximate surface area is 223 Å². The van der Waals surface area contributed by atoms with Crippen LogP contribution in [0.4, 0.5) is 0 Å². The van der Waals surface area contributed by atoms with E-state index in [2.05, 4.69) is 15.7 Å². The molecule has 0 radical (unpaired) electrons. The second kappa shape index (κ2) is 13.1. The van der Waals surface area contributed by atoms with Crippen LogP contribution in [0.25, 0.3) is 0 Å². The minimum atomic E-state index is -3.59. The lowest BCUT2D eigenvalue weighted by Gasteiger charge is -2.54. The van der Waals surface area contributed by atoms with Gasteiger partial charge in [-0.1, -0.05) is 0 Å². The largest absolute Gasteiger partial charge is 0.370 e.